The number of carbonyl (C=O) groups is 1. The zero-order chi connectivity index (χ0) is 17.4. The molecular formula is C20H20ClN3O. The highest BCUT2D eigenvalue weighted by Gasteiger charge is 2.20. The number of nitrogens with zero attached hydrogens (tertiary/aromatic N) is 3. The molecular weight excluding hydrogens is 334 g/mol. The third-order valence-corrected chi connectivity index (χ3v) is 5.02. The lowest BCUT2D eigenvalue weighted by Gasteiger charge is -2.26. The number of hydrogen-bond donors (Lipinski definition) is 0. The average Bonchev–Trinajstić information content (AvgIpc) is 2.96. The standard InChI is InChI=1S/C20H20ClN3O/c1-14-19(15-6-5-7-17(21)12-15)24-13-16(8-9-18(24)22-14)20(25)23-10-3-2-4-11-23/h5-9,12-13H,2-4,10-11H2,1H3. The summed E-state index contributed by atoms with van der Waals surface area (Å²) in [5.74, 6) is 0.102. The predicted molar refractivity (Wildman–Crippen MR) is 100 cm³/mol. The van der Waals surface area contributed by atoms with Crippen LogP contribution >= 0.6 is 11.6 Å². The van der Waals surface area contributed by atoms with Gasteiger partial charge in [0.1, 0.15) is 5.65 Å². The largest absolute Gasteiger partial charge is 0.339 e. The van der Waals surface area contributed by atoms with Crippen molar-refractivity contribution in [1.29, 1.82) is 0 Å². The first-order valence-electron chi connectivity index (χ1n) is 8.67. The van der Waals surface area contributed by atoms with Crippen LogP contribution in [0.3, 0.4) is 0 Å². The van der Waals surface area contributed by atoms with E-state index in [1.807, 2.05) is 58.8 Å². The summed E-state index contributed by atoms with van der Waals surface area (Å²) in [7, 11) is 0. The Kier molecular flexibility index (Phi) is 4.22. The maximum absolute atomic E-state index is 12.8. The van der Waals surface area contributed by atoms with Gasteiger partial charge in [0.2, 0.25) is 0 Å². The highest BCUT2D eigenvalue weighted by Crippen LogP contribution is 2.27. The molecule has 0 N–H and O–H groups in total. The second kappa shape index (κ2) is 6.52. The third kappa shape index (κ3) is 3.02. The summed E-state index contributed by atoms with van der Waals surface area (Å²) >= 11 is 6.16. The van der Waals surface area contributed by atoms with Crippen molar-refractivity contribution in [2.24, 2.45) is 0 Å². The quantitative estimate of drug-likeness (QED) is 0.675. The number of rotatable bonds is 2. The van der Waals surface area contributed by atoms with Crippen LogP contribution in [0, 0.1) is 6.92 Å². The maximum Gasteiger partial charge on any atom is 0.255 e. The van der Waals surface area contributed by atoms with Gasteiger partial charge in [0.25, 0.3) is 5.91 Å². The normalized spacial score (nSPS) is 14.9. The van der Waals surface area contributed by atoms with Gasteiger partial charge < -0.3 is 4.90 Å². The SMILES string of the molecule is Cc1nc2ccc(C(=O)N3CCCCC3)cn2c1-c1cccc(Cl)c1. The Morgan fingerprint density at radius 3 is 2.68 bits per heavy atom. The average molecular weight is 354 g/mol. The molecule has 0 spiro atoms. The molecule has 0 radical (unpaired) electrons. The highest BCUT2D eigenvalue weighted by atomic mass is 35.5. The summed E-state index contributed by atoms with van der Waals surface area (Å²) < 4.78 is 2.00. The van der Waals surface area contributed by atoms with E-state index in [9.17, 15) is 4.79 Å². The van der Waals surface area contributed by atoms with E-state index in [1.165, 1.54) is 6.42 Å². The minimum atomic E-state index is 0.102. The number of pyridine rings is 1. The van der Waals surface area contributed by atoms with E-state index in [0.29, 0.717) is 10.6 Å². The molecule has 1 aromatic carbocycles. The van der Waals surface area contributed by atoms with Gasteiger partial charge in [-0.2, -0.15) is 0 Å². The van der Waals surface area contributed by atoms with Crippen LogP contribution in [0.25, 0.3) is 16.9 Å². The fourth-order valence-electron chi connectivity index (χ4n) is 3.55. The van der Waals surface area contributed by atoms with Crippen LogP contribution in [-0.2, 0) is 0 Å². The number of imidazole rings is 1. The second-order valence-corrected chi connectivity index (χ2v) is 6.99. The molecule has 0 aliphatic carbocycles. The Hall–Kier alpha value is -2.33. The monoisotopic (exact) mass is 353 g/mol. The van der Waals surface area contributed by atoms with Crippen LogP contribution in [0.4, 0.5) is 0 Å². The number of hydrogen-bond acceptors (Lipinski definition) is 2. The summed E-state index contributed by atoms with van der Waals surface area (Å²) in [5.41, 5.74) is 4.44. The van der Waals surface area contributed by atoms with E-state index in [0.717, 1.165) is 48.5 Å². The Labute approximate surface area is 152 Å². The van der Waals surface area contributed by atoms with E-state index in [-0.39, 0.29) is 5.91 Å². The number of carbonyl (C=O) groups excluding carboxylic acids is 1. The number of aromatic nitrogens is 2. The molecule has 1 saturated heterocycles. The molecule has 25 heavy (non-hydrogen) atoms. The number of halogens is 1. The van der Waals surface area contributed by atoms with Gasteiger partial charge in [-0.15, -0.1) is 0 Å². The van der Waals surface area contributed by atoms with Gasteiger partial charge in [0.05, 0.1) is 17.0 Å². The molecule has 4 rings (SSSR count). The fraction of sp³-hybridized carbons (Fsp3) is 0.300. The number of piperidine rings is 1. The van der Waals surface area contributed by atoms with Crippen molar-refractivity contribution in [2.45, 2.75) is 26.2 Å². The van der Waals surface area contributed by atoms with Crippen molar-refractivity contribution in [3.8, 4) is 11.3 Å². The number of likely N-dealkylation sites (tertiary alicyclic amines) is 1. The van der Waals surface area contributed by atoms with Gasteiger partial charge in [-0.05, 0) is 50.5 Å². The summed E-state index contributed by atoms with van der Waals surface area (Å²) in [6.45, 7) is 3.68. The molecule has 128 valence electrons. The summed E-state index contributed by atoms with van der Waals surface area (Å²) in [6.07, 6.45) is 5.29. The molecule has 1 aliphatic heterocycles. The molecule has 4 nitrogen and oxygen atoms in total. The molecule has 5 heteroatoms. The highest BCUT2D eigenvalue weighted by molar-refractivity contribution is 6.30. The van der Waals surface area contributed by atoms with Crippen molar-refractivity contribution in [2.75, 3.05) is 13.1 Å². The lowest BCUT2D eigenvalue weighted by atomic mass is 10.1. The van der Waals surface area contributed by atoms with E-state index in [4.69, 9.17) is 11.6 Å². The minimum Gasteiger partial charge on any atom is -0.339 e. The molecule has 1 fully saturated rings. The van der Waals surface area contributed by atoms with Crippen molar-refractivity contribution in [3.05, 3.63) is 58.9 Å². The first-order valence-corrected chi connectivity index (χ1v) is 9.05. The molecule has 1 aliphatic rings. The topological polar surface area (TPSA) is 37.6 Å². The van der Waals surface area contributed by atoms with Crippen LogP contribution in [0.2, 0.25) is 5.02 Å². The zero-order valence-corrected chi connectivity index (χ0v) is 15.0. The molecule has 0 saturated carbocycles. The van der Waals surface area contributed by atoms with E-state index in [2.05, 4.69) is 4.98 Å². The number of fused-ring (bicyclic) bond motifs is 1. The van der Waals surface area contributed by atoms with E-state index < -0.39 is 0 Å². The van der Waals surface area contributed by atoms with Crippen molar-refractivity contribution >= 4 is 23.2 Å². The summed E-state index contributed by atoms with van der Waals surface area (Å²) in [6, 6.07) is 11.5. The van der Waals surface area contributed by atoms with Gasteiger partial charge in [-0.25, -0.2) is 4.98 Å². The van der Waals surface area contributed by atoms with Gasteiger partial charge in [0, 0.05) is 29.9 Å². The van der Waals surface area contributed by atoms with Gasteiger partial charge in [-0.1, -0.05) is 23.7 Å². The number of aryl methyl sites for hydroxylation is 1. The van der Waals surface area contributed by atoms with Crippen LogP contribution in [0.1, 0.15) is 35.3 Å². The minimum absolute atomic E-state index is 0.102. The van der Waals surface area contributed by atoms with Crippen LogP contribution < -0.4 is 0 Å². The Bertz CT molecular complexity index is 941. The first kappa shape index (κ1) is 16.2. The molecule has 0 unspecified atom stereocenters. The predicted octanol–water partition coefficient (Wildman–Crippen LogP) is 4.59. The first-order chi connectivity index (χ1) is 12.1. The third-order valence-electron chi connectivity index (χ3n) is 4.78. The van der Waals surface area contributed by atoms with E-state index >= 15 is 0 Å². The molecule has 3 heterocycles. The van der Waals surface area contributed by atoms with E-state index in [1.54, 1.807) is 0 Å². The van der Waals surface area contributed by atoms with Gasteiger partial charge in [-0.3, -0.25) is 9.20 Å². The van der Waals surface area contributed by atoms with Gasteiger partial charge in [0.15, 0.2) is 0 Å². The Morgan fingerprint density at radius 2 is 1.92 bits per heavy atom. The molecule has 2 aromatic heterocycles. The molecule has 0 atom stereocenters. The summed E-state index contributed by atoms with van der Waals surface area (Å²) in [5, 5.41) is 0.687. The summed E-state index contributed by atoms with van der Waals surface area (Å²) in [4.78, 5) is 19.4. The zero-order valence-electron chi connectivity index (χ0n) is 14.2. The fourth-order valence-corrected chi connectivity index (χ4v) is 3.74. The second-order valence-electron chi connectivity index (χ2n) is 6.56. The Morgan fingerprint density at radius 1 is 1.12 bits per heavy atom. The smallest absolute Gasteiger partial charge is 0.255 e. The van der Waals surface area contributed by atoms with Crippen molar-refractivity contribution in [1.82, 2.24) is 14.3 Å². The number of benzene rings is 1. The molecule has 1 amide bonds. The van der Waals surface area contributed by atoms with Crippen LogP contribution in [-0.4, -0.2) is 33.3 Å². The van der Waals surface area contributed by atoms with Crippen molar-refractivity contribution < 1.29 is 4.79 Å². The Balaban J connectivity index is 1.79. The van der Waals surface area contributed by atoms with Crippen LogP contribution in [0.5, 0.6) is 0 Å². The molecule has 3 aromatic rings. The molecule has 0 bridgehead atoms. The number of amides is 1. The van der Waals surface area contributed by atoms with Crippen LogP contribution in [0.15, 0.2) is 42.6 Å². The maximum atomic E-state index is 12.8. The van der Waals surface area contributed by atoms with Crippen molar-refractivity contribution in [3.63, 3.8) is 0 Å². The lowest BCUT2D eigenvalue weighted by Crippen LogP contribution is -2.35. The lowest BCUT2D eigenvalue weighted by molar-refractivity contribution is 0.0724. The van der Waals surface area contributed by atoms with Gasteiger partial charge >= 0.3 is 0 Å².